The zero-order valence-electron chi connectivity index (χ0n) is 26.5. The molecule has 0 bridgehead atoms. The monoisotopic (exact) mass is 785 g/mol. The summed E-state index contributed by atoms with van der Waals surface area (Å²) in [5.74, 6) is 0. The molecule has 1 aliphatic rings. The maximum atomic E-state index is 6.40. The summed E-state index contributed by atoms with van der Waals surface area (Å²) in [4.78, 5) is 9.05. The Morgan fingerprint density at radius 3 is 2.28 bits per heavy atom. The molecule has 5 aromatic carbocycles. The van der Waals surface area contributed by atoms with Crippen molar-refractivity contribution in [2.75, 3.05) is 0 Å². The predicted molar refractivity (Wildman–Crippen MR) is 191 cm³/mol. The molecule has 4 heteroatoms. The second-order valence-electron chi connectivity index (χ2n) is 12.1. The minimum absolute atomic E-state index is 0. The van der Waals surface area contributed by atoms with Gasteiger partial charge in [-0.05, 0) is 100 Å². The third-order valence-electron chi connectivity index (χ3n) is 9.10. The number of benzene rings is 5. The Balaban J connectivity index is 0.000000212. The van der Waals surface area contributed by atoms with Crippen molar-refractivity contribution in [1.82, 2.24) is 9.97 Å². The number of furan rings is 1. The van der Waals surface area contributed by atoms with E-state index >= 15 is 0 Å². The van der Waals surface area contributed by atoms with E-state index in [4.69, 9.17) is 9.40 Å². The Labute approximate surface area is 288 Å². The van der Waals surface area contributed by atoms with Crippen LogP contribution in [0.2, 0.25) is 0 Å². The average molecular weight is 785 g/mol. The van der Waals surface area contributed by atoms with Gasteiger partial charge in [0.1, 0.15) is 5.58 Å². The van der Waals surface area contributed by atoms with Gasteiger partial charge in [-0.3, -0.25) is 0 Å². The Hall–Kier alpha value is -4.89. The van der Waals surface area contributed by atoms with Crippen LogP contribution in [-0.2, 0) is 26.5 Å². The second-order valence-corrected chi connectivity index (χ2v) is 12.1. The molecule has 1 radical (unpaired) electrons. The molecule has 1 aliphatic carbocycles. The van der Waals surface area contributed by atoms with Crippen LogP contribution in [0.1, 0.15) is 34.2 Å². The van der Waals surface area contributed by atoms with Crippen LogP contribution < -0.4 is 0 Å². The Morgan fingerprint density at radius 1 is 0.660 bits per heavy atom. The van der Waals surface area contributed by atoms with Crippen LogP contribution in [0.15, 0.2) is 114 Å². The number of aromatic nitrogens is 2. The van der Waals surface area contributed by atoms with E-state index in [0.29, 0.717) is 0 Å². The van der Waals surface area contributed by atoms with E-state index in [1.165, 1.54) is 49.4 Å². The van der Waals surface area contributed by atoms with Crippen molar-refractivity contribution in [3.8, 4) is 22.5 Å². The van der Waals surface area contributed by atoms with Crippen LogP contribution in [0, 0.1) is 32.9 Å². The molecule has 231 valence electrons. The Bertz CT molecular complexity index is 2440. The standard InChI is InChI=1S/C31H22NO.C12H10N.Ir/c1-18-14-28(32-17-19(18)2)24-12-7-13-29-31(24)27-15-25-22-10-5-3-8-20(22)21-9-4-6-11-23(21)26(25)16-30(27)33-29;1-10-7-8-12(13-9-10)11-5-3-2-4-6-11;/h4-7,9-11,13-17H,3,8H2,1-2H3;2-5,7-9H,1H3;/q2*-1;. The van der Waals surface area contributed by atoms with Crippen LogP contribution in [0.5, 0.6) is 0 Å². The SMILES string of the molecule is Cc1ccc(-c2[c-]cccc2)nc1.Cc1cnc(-c2[c-]ccc3oc4cc5c(cc4c23)c2c(c3ccccc35)CCC=C2)cc1C.[Ir]. The Kier molecular flexibility index (Phi) is 8.32. The number of aryl methyl sites for hydroxylation is 4. The molecule has 0 N–H and O–H groups in total. The van der Waals surface area contributed by atoms with E-state index in [1.807, 2.05) is 61.8 Å². The molecule has 3 heterocycles. The smallest absolute Gasteiger partial charge is 0.124 e. The molecular formula is C43H32IrN2O-2. The molecule has 0 spiro atoms. The summed E-state index contributed by atoms with van der Waals surface area (Å²) in [6, 6.07) is 38.0. The molecule has 9 rings (SSSR count). The molecule has 47 heavy (non-hydrogen) atoms. The van der Waals surface area contributed by atoms with E-state index in [2.05, 4.69) is 91.6 Å². The molecule has 8 aromatic rings. The van der Waals surface area contributed by atoms with Crippen molar-refractivity contribution < 1.29 is 24.5 Å². The topological polar surface area (TPSA) is 38.9 Å². The van der Waals surface area contributed by atoms with Gasteiger partial charge in [-0.1, -0.05) is 77.7 Å². The van der Waals surface area contributed by atoms with E-state index < -0.39 is 0 Å². The van der Waals surface area contributed by atoms with E-state index in [1.54, 1.807) is 0 Å². The number of fused-ring (bicyclic) bond motifs is 9. The number of hydrogen-bond donors (Lipinski definition) is 0. The quantitative estimate of drug-likeness (QED) is 0.129. The van der Waals surface area contributed by atoms with Gasteiger partial charge in [-0.25, -0.2) is 0 Å². The van der Waals surface area contributed by atoms with E-state index in [-0.39, 0.29) is 20.1 Å². The van der Waals surface area contributed by atoms with Crippen molar-refractivity contribution in [2.45, 2.75) is 33.6 Å². The molecule has 0 saturated carbocycles. The third-order valence-corrected chi connectivity index (χ3v) is 9.10. The van der Waals surface area contributed by atoms with Gasteiger partial charge in [0.05, 0.1) is 5.58 Å². The maximum Gasteiger partial charge on any atom is 0.124 e. The zero-order valence-corrected chi connectivity index (χ0v) is 28.9. The minimum atomic E-state index is 0. The van der Waals surface area contributed by atoms with Gasteiger partial charge in [-0.15, -0.1) is 53.6 Å². The Morgan fingerprint density at radius 2 is 1.49 bits per heavy atom. The van der Waals surface area contributed by atoms with Gasteiger partial charge in [0.25, 0.3) is 0 Å². The van der Waals surface area contributed by atoms with Gasteiger partial charge >= 0.3 is 0 Å². The van der Waals surface area contributed by atoms with Crippen molar-refractivity contribution in [3.63, 3.8) is 0 Å². The van der Waals surface area contributed by atoms with Gasteiger partial charge in [-0.2, -0.15) is 0 Å². The van der Waals surface area contributed by atoms with E-state index in [0.717, 1.165) is 57.3 Å². The summed E-state index contributed by atoms with van der Waals surface area (Å²) in [6.45, 7) is 6.26. The minimum Gasteiger partial charge on any atom is -0.476 e. The number of hydrogen-bond acceptors (Lipinski definition) is 3. The molecule has 0 fully saturated rings. The first-order chi connectivity index (χ1) is 22.5. The van der Waals surface area contributed by atoms with Crippen LogP contribution >= 0.6 is 0 Å². The molecule has 0 unspecified atom stereocenters. The largest absolute Gasteiger partial charge is 0.476 e. The molecule has 0 amide bonds. The second kappa shape index (κ2) is 12.7. The van der Waals surface area contributed by atoms with Gasteiger partial charge in [0.2, 0.25) is 0 Å². The number of nitrogens with zero attached hydrogens (tertiary/aromatic N) is 2. The van der Waals surface area contributed by atoms with Crippen molar-refractivity contribution >= 4 is 49.6 Å². The summed E-state index contributed by atoms with van der Waals surface area (Å²) in [5.41, 5.74) is 12.1. The summed E-state index contributed by atoms with van der Waals surface area (Å²) in [6.07, 6.45) is 10.6. The van der Waals surface area contributed by atoms with Crippen LogP contribution in [0.4, 0.5) is 0 Å². The van der Waals surface area contributed by atoms with Crippen LogP contribution in [0.3, 0.4) is 0 Å². The summed E-state index contributed by atoms with van der Waals surface area (Å²) >= 11 is 0. The normalized spacial score (nSPS) is 12.1. The zero-order chi connectivity index (χ0) is 31.2. The fourth-order valence-electron chi connectivity index (χ4n) is 6.58. The fraction of sp³-hybridized carbons (Fsp3) is 0.116. The number of pyridine rings is 2. The predicted octanol–water partition coefficient (Wildman–Crippen LogP) is 11.2. The van der Waals surface area contributed by atoms with Gasteiger partial charge in [0, 0.05) is 32.5 Å². The summed E-state index contributed by atoms with van der Waals surface area (Å²) < 4.78 is 6.40. The van der Waals surface area contributed by atoms with Crippen LogP contribution in [0.25, 0.3) is 72.1 Å². The molecular weight excluding hydrogens is 753 g/mol. The summed E-state index contributed by atoms with van der Waals surface area (Å²) in [7, 11) is 0. The van der Waals surface area contributed by atoms with Gasteiger partial charge in [0.15, 0.2) is 0 Å². The summed E-state index contributed by atoms with van der Waals surface area (Å²) in [5, 5.41) is 7.40. The van der Waals surface area contributed by atoms with E-state index in [9.17, 15) is 0 Å². The van der Waals surface area contributed by atoms with Gasteiger partial charge < -0.3 is 14.4 Å². The number of allylic oxidation sites excluding steroid dienone is 1. The number of rotatable bonds is 2. The van der Waals surface area contributed by atoms with Crippen molar-refractivity contribution in [1.29, 1.82) is 0 Å². The first-order valence-electron chi connectivity index (χ1n) is 15.8. The first-order valence-corrected chi connectivity index (χ1v) is 15.8. The molecule has 0 aliphatic heterocycles. The third kappa shape index (κ3) is 5.58. The molecule has 3 aromatic heterocycles. The maximum absolute atomic E-state index is 6.40. The van der Waals surface area contributed by atoms with Crippen LogP contribution in [-0.4, -0.2) is 9.97 Å². The molecule has 3 nitrogen and oxygen atoms in total. The van der Waals surface area contributed by atoms with Crippen molar-refractivity contribution in [3.05, 3.63) is 149 Å². The average Bonchev–Trinajstić information content (AvgIpc) is 3.48. The molecule has 0 atom stereocenters. The fourth-order valence-corrected chi connectivity index (χ4v) is 6.58. The molecule has 0 saturated heterocycles. The first kappa shape index (κ1) is 30.7. The van der Waals surface area contributed by atoms with Crippen molar-refractivity contribution in [2.24, 2.45) is 0 Å².